The van der Waals surface area contributed by atoms with Crippen LogP contribution in [-0.4, -0.2) is 31.2 Å². The Balaban J connectivity index is 1.73. The molecule has 1 spiro atoms. The molecule has 0 N–H and O–H groups in total. The first-order valence-corrected chi connectivity index (χ1v) is 8.94. The molecular weight excluding hydrogens is 270 g/mol. The molecule has 1 saturated heterocycles. The van der Waals surface area contributed by atoms with Gasteiger partial charge in [0.1, 0.15) is 0 Å². The van der Waals surface area contributed by atoms with Gasteiger partial charge in [-0.3, -0.25) is 4.90 Å². The summed E-state index contributed by atoms with van der Waals surface area (Å²) in [7, 11) is 1.88. The molecule has 2 heteroatoms. The predicted molar refractivity (Wildman–Crippen MR) is 88.2 cm³/mol. The highest BCUT2D eigenvalue weighted by molar-refractivity contribution is 5.52. The first-order valence-electron chi connectivity index (χ1n) is 8.94. The van der Waals surface area contributed by atoms with Crippen molar-refractivity contribution in [3.05, 3.63) is 46.0 Å². The average molecular weight is 295 g/mol. The van der Waals surface area contributed by atoms with Crippen molar-refractivity contribution in [3.8, 4) is 0 Å². The molecule has 0 unspecified atom stereocenters. The first kappa shape index (κ1) is 13.3. The van der Waals surface area contributed by atoms with Gasteiger partial charge in [0.2, 0.25) is 0 Å². The van der Waals surface area contributed by atoms with E-state index < -0.39 is 0 Å². The summed E-state index contributed by atoms with van der Waals surface area (Å²) in [5.41, 5.74) is 8.34. The van der Waals surface area contributed by atoms with Gasteiger partial charge in [-0.25, -0.2) is 0 Å². The van der Waals surface area contributed by atoms with Gasteiger partial charge in [0, 0.05) is 20.1 Å². The number of aryl methyl sites for hydroxylation is 3. The number of fused-ring (bicyclic) bond motifs is 2. The quantitative estimate of drug-likeness (QED) is 0.737. The van der Waals surface area contributed by atoms with E-state index in [2.05, 4.69) is 23.1 Å². The van der Waals surface area contributed by atoms with Crippen LogP contribution in [0.5, 0.6) is 0 Å². The maximum absolute atomic E-state index is 5.80. The van der Waals surface area contributed by atoms with Gasteiger partial charge < -0.3 is 4.74 Å². The van der Waals surface area contributed by atoms with Gasteiger partial charge in [-0.1, -0.05) is 18.2 Å². The van der Waals surface area contributed by atoms with Crippen LogP contribution in [0.1, 0.15) is 47.9 Å². The fraction of sp³-hybridized carbons (Fsp3) is 0.600. The summed E-state index contributed by atoms with van der Waals surface area (Å²) < 4.78 is 5.80. The lowest BCUT2D eigenvalue weighted by Gasteiger charge is -2.45. The van der Waals surface area contributed by atoms with E-state index in [4.69, 9.17) is 4.74 Å². The lowest BCUT2D eigenvalue weighted by Crippen LogP contribution is -2.46. The molecule has 2 aliphatic heterocycles. The molecule has 2 nitrogen and oxygen atoms in total. The highest BCUT2D eigenvalue weighted by atomic mass is 16.5. The van der Waals surface area contributed by atoms with Crippen molar-refractivity contribution >= 4 is 0 Å². The largest absolute Gasteiger partial charge is 0.381 e. The summed E-state index contributed by atoms with van der Waals surface area (Å²) in [4.78, 5) is 2.78. The Morgan fingerprint density at radius 1 is 1.05 bits per heavy atom. The minimum Gasteiger partial charge on any atom is -0.381 e. The monoisotopic (exact) mass is 295 g/mol. The second-order valence-electron chi connectivity index (χ2n) is 7.51. The third-order valence-electron chi connectivity index (χ3n) is 6.61. The number of methoxy groups -OCH3 is 1. The predicted octanol–water partition coefficient (Wildman–Crippen LogP) is 3.37. The van der Waals surface area contributed by atoms with Crippen LogP contribution in [0.15, 0.2) is 23.8 Å². The van der Waals surface area contributed by atoms with Crippen molar-refractivity contribution in [2.75, 3.05) is 20.2 Å². The zero-order valence-corrected chi connectivity index (χ0v) is 13.5. The van der Waals surface area contributed by atoms with Crippen LogP contribution in [0, 0.1) is 0 Å². The van der Waals surface area contributed by atoms with Crippen LogP contribution in [-0.2, 0) is 29.5 Å². The minimum absolute atomic E-state index is 0.162. The molecular formula is C20H25NO. The van der Waals surface area contributed by atoms with Gasteiger partial charge in [-0.05, 0) is 72.9 Å². The topological polar surface area (TPSA) is 12.5 Å². The zero-order chi connectivity index (χ0) is 14.7. The van der Waals surface area contributed by atoms with Crippen LogP contribution in [0.4, 0.5) is 0 Å². The molecule has 0 bridgehead atoms. The van der Waals surface area contributed by atoms with E-state index in [0.717, 1.165) is 12.8 Å². The van der Waals surface area contributed by atoms with Crippen molar-refractivity contribution in [3.63, 3.8) is 0 Å². The SMILES string of the molecule is CO[C@H]1CC=C2CCN3CCCc4cc5c(cc4[C@]23C1)CC5. The first-order chi connectivity index (χ1) is 10.8. The van der Waals surface area contributed by atoms with E-state index in [1.165, 1.54) is 45.2 Å². The van der Waals surface area contributed by atoms with Gasteiger partial charge in [-0.2, -0.15) is 0 Å². The van der Waals surface area contributed by atoms with Crippen LogP contribution in [0.25, 0.3) is 0 Å². The summed E-state index contributed by atoms with van der Waals surface area (Å²) in [5, 5.41) is 0. The number of ether oxygens (including phenoxy) is 1. The summed E-state index contributed by atoms with van der Waals surface area (Å²) in [6.07, 6.45) is 11.5. The fourth-order valence-electron chi connectivity index (χ4n) is 5.36. The third kappa shape index (κ3) is 1.63. The molecule has 22 heavy (non-hydrogen) atoms. The molecule has 2 aliphatic carbocycles. The molecule has 2 heterocycles. The summed E-state index contributed by atoms with van der Waals surface area (Å²) in [6.45, 7) is 2.48. The van der Waals surface area contributed by atoms with Gasteiger partial charge in [-0.15, -0.1) is 0 Å². The summed E-state index contributed by atoms with van der Waals surface area (Å²) >= 11 is 0. The molecule has 1 aromatic rings. The lowest BCUT2D eigenvalue weighted by molar-refractivity contribution is 0.0347. The Hall–Kier alpha value is -1.12. The fourth-order valence-corrected chi connectivity index (χ4v) is 5.36. The van der Waals surface area contributed by atoms with Crippen molar-refractivity contribution in [1.82, 2.24) is 4.90 Å². The Labute approximate surface area is 133 Å². The Morgan fingerprint density at radius 2 is 1.91 bits per heavy atom. The van der Waals surface area contributed by atoms with Gasteiger partial charge in [0.05, 0.1) is 11.6 Å². The second-order valence-corrected chi connectivity index (χ2v) is 7.51. The van der Waals surface area contributed by atoms with Crippen LogP contribution in [0.3, 0.4) is 0 Å². The summed E-state index contributed by atoms with van der Waals surface area (Å²) in [5.74, 6) is 0. The van der Waals surface area contributed by atoms with Crippen molar-refractivity contribution in [2.24, 2.45) is 0 Å². The number of hydrogen-bond acceptors (Lipinski definition) is 2. The number of benzene rings is 1. The van der Waals surface area contributed by atoms with E-state index in [0.29, 0.717) is 6.10 Å². The number of rotatable bonds is 1. The smallest absolute Gasteiger partial charge is 0.0703 e. The van der Waals surface area contributed by atoms with E-state index in [9.17, 15) is 0 Å². The van der Waals surface area contributed by atoms with E-state index in [1.807, 2.05) is 7.11 Å². The highest BCUT2D eigenvalue weighted by Crippen LogP contribution is 2.52. The molecule has 116 valence electrons. The van der Waals surface area contributed by atoms with Gasteiger partial charge in [0.15, 0.2) is 0 Å². The maximum atomic E-state index is 5.80. The van der Waals surface area contributed by atoms with Crippen molar-refractivity contribution < 1.29 is 4.74 Å². The molecule has 2 atom stereocenters. The highest BCUT2D eigenvalue weighted by Gasteiger charge is 2.51. The molecule has 1 fully saturated rings. The molecule has 5 rings (SSSR count). The number of nitrogens with zero attached hydrogens (tertiary/aromatic N) is 1. The standard InChI is InChI=1S/C20H25NO/c1-22-18-7-6-17-8-10-21-9-2-3-16-11-14-4-5-15(14)12-19(16)20(17,21)13-18/h6,11-12,18H,2-5,7-10,13H2,1H3/t18-,20-/m0/s1. The van der Waals surface area contributed by atoms with E-state index in [-0.39, 0.29) is 5.54 Å². The Kier molecular flexibility index (Phi) is 2.84. The molecule has 4 aliphatic rings. The van der Waals surface area contributed by atoms with Crippen LogP contribution < -0.4 is 0 Å². The minimum atomic E-state index is 0.162. The van der Waals surface area contributed by atoms with E-state index >= 15 is 0 Å². The summed E-state index contributed by atoms with van der Waals surface area (Å²) in [6, 6.07) is 5.11. The third-order valence-corrected chi connectivity index (χ3v) is 6.61. The lowest BCUT2D eigenvalue weighted by atomic mass is 9.71. The number of hydrogen-bond donors (Lipinski definition) is 0. The zero-order valence-electron chi connectivity index (χ0n) is 13.5. The second kappa shape index (κ2) is 4.69. The Bertz CT molecular complexity index is 662. The molecule has 0 aromatic heterocycles. The van der Waals surface area contributed by atoms with Crippen LogP contribution in [0.2, 0.25) is 0 Å². The molecule has 0 radical (unpaired) electrons. The van der Waals surface area contributed by atoms with E-state index in [1.54, 1.807) is 27.8 Å². The maximum Gasteiger partial charge on any atom is 0.0703 e. The van der Waals surface area contributed by atoms with Crippen molar-refractivity contribution in [2.45, 2.75) is 56.6 Å². The average Bonchev–Trinajstić information content (AvgIpc) is 2.81. The molecule has 0 amide bonds. The van der Waals surface area contributed by atoms with Crippen LogP contribution >= 0.6 is 0 Å². The Morgan fingerprint density at radius 3 is 2.73 bits per heavy atom. The normalized spacial score (nSPS) is 33.0. The molecule has 1 aromatic carbocycles. The van der Waals surface area contributed by atoms with Gasteiger partial charge >= 0.3 is 0 Å². The van der Waals surface area contributed by atoms with Gasteiger partial charge in [0.25, 0.3) is 0 Å². The molecule has 0 saturated carbocycles. The van der Waals surface area contributed by atoms with Crippen molar-refractivity contribution in [1.29, 1.82) is 0 Å².